The molecule has 54 heavy (non-hydrogen) atoms. The Hall–Kier alpha value is -4.99. The molecule has 0 radical (unpaired) electrons. The molecule has 0 bridgehead atoms. The third-order valence-corrected chi connectivity index (χ3v) is 8.11. The molecule has 1 heterocycles. The molecule has 4 aromatic rings. The molecule has 0 aliphatic rings. The highest BCUT2D eigenvalue weighted by Gasteiger charge is 2.45. The Morgan fingerprint density at radius 2 is 1.59 bits per heavy atom. The Kier molecular flexibility index (Phi) is 13.8. The van der Waals surface area contributed by atoms with Crippen LogP contribution in [0, 0.1) is 11.6 Å². The number of rotatable bonds is 17. The second kappa shape index (κ2) is 17.9. The third kappa shape index (κ3) is 11.0. The smallest absolute Gasteiger partial charge is 0.461 e. The van der Waals surface area contributed by atoms with Crippen LogP contribution in [0.1, 0.15) is 65.3 Å². The summed E-state index contributed by atoms with van der Waals surface area (Å²) in [5.41, 5.74) is -4.86. The fourth-order valence-corrected chi connectivity index (χ4v) is 5.46. The van der Waals surface area contributed by atoms with Crippen LogP contribution in [0.25, 0.3) is 0 Å². The molecule has 0 spiro atoms. The van der Waals surface area contributed by atoms with Crippen LogP contribution in [0.15, 0.2) is 79.0 Å². The third-order valence-electron chi connectivity index (χ3n) is 7.89. The number of ether oxygens (including phenoxy) is 3. The van der Waals surface area contributed by atoms with E-state index in [1.54, 1.807) is 6.92 Å². The van der Waals surface area contributed by atoms with Gasteiger partial charge in [0.1, 0.15) is 28.7 Å². The van der Waals surface area contributed by atoms with E-state index in [0.29, 0.717) is 42.7 Å². The normalized spacial score (nSPS) is 13.0. The predicted molar refractivity (Wildman–Crippen MR) is 178 cm³/mol. The van der Waals surface area contributed by atoms with E-state index in [4.69, 9.17) is 21.1 Å². The summed E-state index contributed by atoms with van der Waals surface area (Å²) < 4.78 is 139. The number of unbranched alkanes of at least 4 members (excludes halogenated alkanes) is 2. The molecule has 0 saturated heterocycles. The minimum Gasteiger partial charge on any atom is -0.494 e. The average Bonchev–Trinajstić information content (AvgIpc) is 3.09. The molecule has 1 N–H and O–H groups in total. The number of hydrogen-bond acceptors (Lipinski definition) is 6. The maximum absolute atomic E-state index is 15.2. The molecule has 0 aliphatic heterocycles. The van der Waals surface area contributed by atoms with Crippen LogP contribution in [-0.2, 0) is 27.7 Å². The minimum absolute atomic E-state index is 0.0783. The first kappa shape index (κ1) is 41.8. The number of nitrogens with one attached hydrogen (secondary N) is 1. The van der Waals surface area contributed by atoms with Gasteiger partial charge in [0, 0.05) is 30.7 Å². The molecule has 4 rings (SSSR count). The van der Waals surface area contributed by atoms with Crippen molar-refractivity contribution in [3.63, 3.8) is 0 Å². The van der Waals surface area contributed by atoms with E-state index in [1.165, 1.54) is 36.4 Å². The summed E-state index contributed by atoms with van der Waals surface area (Å²) >= 11 is 6.05. The van der Waals surface area contributed by atoms with Crippen LogP contribution in [-0.4, -0.2) is 42.6 Å². The van der Waals surface area contributed by atoms with Gasteiger partial charge in [-0.3, -0.25) is 14.6 Å². The first-order valence-corrected chi connectivity index (χ1v) is 16.7. The summed E-state index contributed by atoms with van der Waals surface area (Å²) in [5.74, 6) is -5.22. The van der Waals surface area contributed by atoms with Gasteiger partial charge in [0.25, 0.3) is 5.91 Å². The largest absolute Gasteiger partial charge is 0.494 e. The van der Waals surface area contributed by atoms with Gasteiger partial charge in [0.05, 0.1) is 29.5 Å². The van der Waals surface area contributed by atoms with Gasteiger partial charge in [0.2, 0.25) is 0 Å². The van der Waals surface area contributed by atoms with Crippen LogP contribution in [0.3, 0.4) is 0 Å². The van der Waals surface area contributed by atoms with Crippen molar-refractivity contribution in [2.45, 2.75) is 63.3 Å². The van der Waals surface area contributed by atoms with Crippen LogP contribution >= 0.6 is 11.6 Å². The molecule has 0 aliphatic carbocycles. The van der Waals surface area contributed by atoms with Gasteiger partial charge in [-0.2, -0.15) is 30.7 Å². The zero-order valence-corrected chi connectivity index (χ0v) is 29.1. The molecule has 290 valence electrons. The first-order valence-electron chi connectivity index (χ1n) is 16.3. The molecule has 1 aromatic heterocycles. The Balaban J connectivity index is 1.76. The second-order valence-electron chi connectivity index (χ2n) is 11.8. The standard InChI is InChI=1S/C37H32ClF9N2O5/c1-2-52-32(50)6-4-3-5-15-53-27-11-7-22(8-12-27)20-35(31-14-10-25(38)21-48-31,24-17-26(39)19-28(18-24)54-37(46,47)34(41)42)49-33(51)23-9-13-30(40)29(16-23)36(43,44)45/h7-14,16-19,21,34H,2-6,15,20H2,1H3,(H,49,51)/t35-/m0/s1. The maximum Gasteiger partial charge on any atom is 0.461 e. The second-order valence-corrected chi connectivity index (χ2v) is 12.3. The highest BCUT2D eigenvalue weighted by molar-refractivity contribution is 6.30. The van der Waals surface area contributed by atoms with Crippen molar-refractivity contribution in [2.75, 3.05) is 13.2 Å². The van der Waals surface area contributed by atoms with Crippen molar-refractivity contribution < 1.29 is 63.3 Å². The molecular weight excluding hydrogens is 759 g/mol. The van der Waals surface area contributed by atoms with Gasteiger partial charge in [-0.1, -0.05) is 23.7 Å². The lowest BCUT2D eigenvalue weighted by Crippen LogP contribution is -2.49. The molecule has 1 amide bonds. The Bertz CT molecular complexity index is 1890. The number of hydrogen-bond donors (Lipinski definition) is 1. The summed E-state index contributed by atoms with van der Waals surface area (Å²) in [6.07, 6.45) is -11.8. The van der Waals surface area contributed by atoms with E-state index in [0.717, 1.165) is 24.4 Å². The summed E-state index contributed by atoms with van der Waals surface area (Å²) in [6, 6.07) is 12.0. The SMILES string of the molecule is CCOC(=O)CCCCCOc1ccc(C[C@](NC(=O)c2ccc(F)c(C(F)(F)F)c2)(c2cc(F)cc(OC(F)(F)C(F)F)c2)c2ccc(Cl)cn2)cc1. The quantitative estimate of drug-likeness (QED) is 0.0652. The van der Waals surface area contributed by atoms with Crippen molar-refractivity contribution >= 4 is 23.5 Å². The number of alkyl halides is 7. The highest BCUT2D eigenvalue weighted by atomic mass is 35.5. The van der Waals surface area contributed by atoms with Crippen LogP contribution in [0.4, 0.5) is 39.5 Å². The van der Waals surface area contributed by atoms with Gasteiger partial charge >= 0.3 is 24.7 Å². The summed E-state index contributed by atoms with van der Waals surface area (Å²) in [4.78, 5) is 29.6. The van der Waals surface area contributed by atoms with E-state index in [-0.39, 0.29) is 42.4 Å². The number of carbonyl (C=O) groups is 2. The lowest BCUT2D eigenvalue weighted by Gasteiger charge is -2.36. The highest BCUT2D eigenvalue weighted by Crippen LogP contribution is 2.38. The maximum atomic E-state index is 15.2. The Morgan fingerprint density at radius 3 is 2.22 bits per heavy atom. The topological polar surface area (TPSA) is 86.8 Å². The fraction of sp³-hybridized carbons (Fsp3) is 0.324. The zero-order chi connectivity index (χ0) is 39.7. The zero-order valence-electron chi connectivity index (χ0n) is 28.3. The molecular formula is C37H32ClF9N2O5. The molecule has 7 nitrogen and oxygen atoms in total. The van der Waals surface area contributed by atoms with Gasteiger partial charge < -0.3 is 19.5 Å². The lowest BCUT2D eigenvalue weighted by atomic mass is 9.80. The lowest BCUT2D eigenvalue weighted by molar-refractivity contribution is -0.253. The molecule has 17 heteroatoms. The number of carbonyl (C=O) groups excluding carboxylic acids is 2. The summed E-state index contributed by atoms with van der Waals surface area (Å²) in [6.45, 7) is 2.28. The molecule has 0 fully saturated rings. The van der Waals surface area contributed by atoms with Gasteiger partial charge in [-0.15, -0.1) is 0 Å². The van der Waals surface area contributed by atoms with E-state index in [2.05, 4.69) is 15.0 Å². The first-order chi connectivity index (χ1) is 25.4. The Labute approximate surface area is 308 Å². The molecule has 1 atom stereocenters. The number of pyridine rings is 1. The number of nitrogens with zero attached hydrogens (tertiary/aromatic N) is 1. The van der Waals surface area contributed by atoms with E-state index >= 15 is 4.39 Å². The number of benzene rings is 3. The van der Waals surface area contributed by atoms with Gasteiger partial charge in [-0.05, 0) is 91.9 Å². The van der Waals surface area contributed by atoms with Crippen molar-refractivity contribution in [1.82, 2.24) is 10.3 Å². The number of halogens is 10. The monoisotopic (exact) mass is 790 g/mol. The van der Waals surface area contributed by atoms with Crippen molar-refractivity contribution in [1.29, 1.82) is 0 Å². The van der Waals surface area contributed by atoms with Crippen LogP contribution in [0.5, 0.6) is 11.5 Å². The van der Waals surface area contributed by atoms with E-state index in [9.17, 15) is 44.7 Å². The Morgan fingerprint density at radius 1 is 0.870 bits per heavy atom. The minimum atomic E-state index is -5.20. The van der Waals surface area contributed by atoms with Crippen LogP contribution < -0.4 is 14.8 Å². The molecule has 0 saturated carbocycles. The van der Waals surface area contributed by atoms with E-state index in [1.807, 2.05) is 0 Å². The van der Waals surface area contributed by atoms with E-state index < -0.39 is 70.7 Å². The van der Waals surface area contributed by atoms with Crippen molar-refractivity contribution in [3.05, 3.63) is 124 Å². The fourth-order valence-electron chi connectivity index (χ4n) is 5.35. The molecule has 0 unspecified atom stereocenters. The summed E-state index contributed by atoms with van der Waals surface area (Å²) in [7, 11) is 0. The summed E-state index contributed by atoms with van der Waals surface area (Å²) in [5, 5.41) is 2.59. The van der Waals surface area contributed by atoms with Gasteiger partial charge in [0.15, 0.2) is 0 Å². The number of esters is 1. The number of amides is 1. The van der Waals surface area contributed by atoms with Crippen molar-refractivity contribution in [2.24, 2.45) is 0 Å². The van der Waals surface area contributed by atoms with Gasteiger partial charge in [-0.25, -0.2) is 8.78 Å². The van der Waals surface area contributed by atoms with Crippen molar-refractivity contribution in [3.8, 4) is 11.5 Å². The molecule has 3 aromatic carbocycles. The predicted octanol–water partition coefficient (Wildman–Crippen LogP) is 9.69. The average molecular weight is 791 g/mol. The number of aromatic nitrogens is 1. The van der Waals surface area contributed by atoms with Crippen LogP contribution in [0.2, 0.25) is 5.02 Å².